The van der Waals surface area contributed by atoms with Gasteiger partial charge in [0.2, 0.25) is 0 Å². The highest BCUT2D eigenvalue weighted by Crippen LogP contribution is 2.31. The number of rotatable bonds is 1. The molecule has 1 aliphatic rings. The molecular weight excluding hydrogens is 193 g/mol. The number of para-hydroxylation sites is 1. The van der Waals surface area contributed by atoms with Crippen LogP contribution in [-0.2, 0) is 0 Å². The molecule has 0 bridgehead atoms. The lowest BCUT2D eigenvalue weighted by Gasteiger charge is -2.28. The van der Waals surface area contributed by atoms with Gasteiger partial charge in [-0.2, -0.15) is 0 Å². The van der Waals surface area contributed by atoms with Crippen LogP contribution in [0.2, 0.25) is 0 Å². The van der Waals surface area contributed by atoms with E-state index in [9.17, 15) is 9.50 Å². The van der Waals surface area contributed by atoms with Crippen molar-refractivity contribution in [3.8, 4) is 5.75 Å². The first-order valence-corrected chi connectivity index (χ1v) is 4.00. The van der Waals surface area contributed by atoms with Crippen molar-refractivity contribution in [1.82, 2.24) is 5.32 Å². The second kappa shape index (κ2) is 3.94. The van der Waals surface area contributed by atoms with E-state index in [1.54, 1.807) is 12.1 Å². The molecular formula is C9H11ClFNO. The van der Waals surface area contributed by atoms with E-state index in [2.05, 4.69) is 5.32 Å². The van der Waals surface area contributed by atoms with Crippen LogP contribution in [0, 0.1) is 5.82 Å². The van der Waals surface area contributed by atoms with E-state index < -0.39 is 5.82 Å². The van der Waals surface area contributed by atoms with Crippen LogP contribution in [0.3, 0.4) is 0 Å². The normalized spacial score (nSPS) is 20.2. The largest absolute Gasteiger partial charge is 0.505 e. The summed E-state index contributed by atoms with van der Waals surface area (Å²) in [6, 6.07) is 4.76. The van der Waals surface area contributed by atoms with Gasteiger partial charge in [0.05, 0.1) is 0 Å². The lowest BCUT2D eigenvalue weighted by atomic mass is 9.97. The average Bonchev–Trinajstić information content (AvgIpc) is 1.95. The van der Waals surface area contributed by atoms with Crippen molar-refractivity contribution in [1.29, 1.82) is 0 Å². The fourth-order valence-corrected chi connectivity index (χ4v) is 1.37. The van der Waals surface area contributed by atoms with E-state index in [1.165, 1.54) is 6.07 Å². The topological polar surface area (TPSA) is 32.3 Å². The lowest BCUT2D eigenvalue weighted by Crippen LogP contribution is -2.34. The summed E-state index contributed by atoms with van der Waals surface area (Å²) in [7, 11) is 0. The van der Waals surface area contributed by atoms with Crippen LogP contribution >= 0.6 is 12.4 Å². The number of aromatic hydroxyl groups is 1. The van der Waals surface area contributed by atoms with Gasteiger partial charge in [0, 0.05) is 11.6 Å². The summed E-state index contributed by atoms with van der Waals surface area (Å²) < 4.78 is 12.8. The van der Waals surface area contributed by atoms with Crippen molar-refractivity contribution < 1.29 is 9.50 Å². The fourth-order valence-electron chi connectivity index (χ4n) is 1.37. The minimum atomic E-state index is -0.541. The number of hydrogen-bond donors (Lipinski definition) is 2. The van der Waals surface area contributed by atoms with Gasteiger partial charge >= 0.3 is 0 Å². The van der Waals surface area contributed by atoms with Crippen molar-refractivity contribution in [3.63, 3.8) is 0 Å². The van der Waals surface area contributed by atoms with Gasteiger partial charge < -0.3 is 10.4 Å². The number of hydrogen-bond acceptors (Lipinski definition) is 2. The number of phenolic OH excluding ortho intramolecular Hbond substituents is 1. The fraction of sp³-hybridized carbons (Fsp3) is 0.333. The third-order valence-corrected chi connectivity index (χ3v) is 2.22. The molecule has 0 amide bonds. The standard InChI is InChI=1S/C9H10FNO.ClH/c10-7-3-1-2-6(9(7)12)8-4-5-11-8;/h1-3,8,11-12H,4-5H2;1H/t8-;/m0./s1. The molecule has 1 heterocycles. The van der Waals surface area contributed by atoms with Gasteiger partial charge in [-0.15, -0.1) is 12.4 Å². The molecule has 1 atom stereocenters. The molecule has 0 saturated carbocycles. The first-order valence-electron chi connectivity index (χ1n) is 4.00. The second-order valence-electron chi connectivity index (χ2n) is 2.97. The zero-order valence-electron chi connectivity index (χ0n) is 6.96. The molecule has 1 aliphatic heterocycles. The maximum Gasteiger partial charge on any atom is 0.165 e. The third-order valence-electron chi connectivity index (χ3n) is 2.22. The van der Waals surface area contributed by atoms with E-state index in [4.69, 9.17) is 0 Å². The van der Waals surface area contributed by atoms with Crippen LogP contribution in [0.5, 0.6) is 5.75 Å². The van der Waals surface area contributed by atoms with E-state index in [1.807, 2.05) is 0 Å². The number of benzene rings is 1. The SMILES string of the molecule is Cl.Oc1c(F)cccc1[C@@H]1CCN1. The van der Waals surface area contributed by atoms with Crippen LogP contribution in [-0.4, -0.2) is 11.7 Å². The van der Waals surface area contributed by atoms with E-state index in [0.717, 1.165) is 13.0 Å². The minimum absolute atomic E-state index is 0. The molecule has 0 aromatic heterocycles. The summed E-state index contributed by atoms with van der Waals surface area (Å²) in [5.41, 5.74) is 0.668. The molecule has 0 radical (unpaired) electrons. The van der Waals surface area contributed by atoms with Gasteiger partial charge in [0.15, 0.2) is 11.6 Å². The average molecular weight is 204 g/mol. The number of halogens is 2. The zero-order valence-corrected chi connectivity index (χ0v) is 7.77. The van der Waals surface area contributed by atoms with E-state index in [-0.39, 0.29) is 24.2 Å². The van der Waals surface area contributed by atoms with Crippen molar-refractivity contribution >= 4 is 12.4 Å². The van der Waals surface area contributed by atoms with Crippen LogP contribution in [0.25, 0.3) is 0 Å². The molecule has 13 heavy (non-hydrogen) atoms. The molecule has 0 spiro atoms. The van der Waals surface area contributed by atoms with Gasteiger partial charge in [-0.25, -0.2) is 4.39 Å². The first kappa shape index (κ1) is 10.3. The maximum absolute atomic E-state index is 12.8. The summed E-state index contributed by atoms with van der Waals surface area (Å²) >= 11 is 0. The molecule has 1 aromatic rings. The Morgan fingerprint density at radius 2 is 2.15 bits per heavy atom. The van der Waals surface area contributed by atoms with Gasteiger partial charge in [0.25, 0.3) is 0 Å². The first-order chi connectivity index (χ1) is 5.79. The van der Waals surface area contributed by atoms with Gasteiger partial charge in [-0.1, -0.05) is 12.1 Å². The molecule has 72 valence electrons. The van der Waals surface area contributed by atoms with Crippen molar-refractivity contribution in [2.45, 2.75) is 12.5 Å². The van der Waals surface area contributed by atoms with Crippen LogP contribution < -0.4 is 5.32 Å². The van der Waals surface area contributed by atoms with Crippen molar-refractivity contribution in [2.24, 2.45) is 0 Å². The lowest BCUT2D eigenvalue weighted by molar-refractivity contribution is 0.355. The summed E-state index contributed by atoms with van der Waals surface area (Å²) in [6.07, 6.45) is 0.969. The molecule has 1 fully saturated rings. The van der Waals surface area contributed by atoms with Crippen molar-refractivity contribution in [3.05, 3.63) is 29.6 Å². The predicted molar refractivity (Wildman–Crippen MR) is 50.7 cm³/mol. The Labute approximate surface area is 82.2 Å². The quantitative estimate of drug-likeness (QED) is 0.732. The molecule has 4 heteroatoms. The van der Waals surface area contributed by atoms with Gasteiger partial charge in [-0.3, -0.25) is 0 Å². The van der Waals surface area contributed by atoms with Crippen LogP contribution in [0.1, 0.15) is 18.0 Å². The molecule has 0 unspecified atom stereocenters. The van der Waals surface area contributed by atoms with Crippen LogP contribution in [0.4, 0.5) is 4.39 Å². The Balaban J connectivity index is 0.000000845. The highest BCUT2D eigenvalue weighted by molar-refractivity contribution is 5.85. The van der Waals surface area contributed by atoms with E-state index in [0.29, 0.717) is 5.56 Å². The Morgan fingerprint density at radius 3 is 2.69 bits per heavy atom. The van der Waals surface area contributed by atoms with Gasteiger partial charge in [0.1, 0.15) is 0 Å². The minimum Gasteiger partial charge on any atom is -0.505 e. The highest BCUT2D eigenvalue weighted by atomic mass is 35.5. The summed E-state index contributed by atoms with van der Waals surface area (Å²) in [5.74, 6) is -0.754. The summed E-state index contributed by atoms with van der Waals surface area (Å²) in [6.45, 7) is 0.945. The van der Waals surface area contributed by atoms with Gasteiger partial charge in [-0.05, 0) is 19.0 Å². The summed E-state index contributed by atoms with van der Waals surface area (Å²) in [4.78, 5) is 0. The predicted octanol–water partition coefficient (Wildman–Crippen LogP) is 1.99. The van der Waals surface area contributed by atoms with Crippen molar-refractivity contribution in [2.75, 3.05) is 6.54 Å². The Morgan fingerprint density at radius 1 is 1.46 bits per heavy atom. The summed E-state index contributed by atoms with van der Waals surface area (Å²) in [5, 5.41) is 12.4. The molecule has 2 rings (SSSR count). The second-order valence-corrected chi connectivity index (χ2v) is 2.97. The maximum atomic E-state index is 12.8. The molecule has 2 nitrogen and oxygen atoms in total. The molecule has 1 saturated heterocycles. The highest BCUT2D eigenvalue weighted by Gasteiger charge is 2.22. The van der Waals surface area contributed by atoms with Crippen LogP contribution in [0.15, 0.2) is 18.2 Å². The molecule has 1 aromatic carbocycles. The number of phenols is 1. The Bertz CT molecular complexity index is 302. The molecule has 2 N–H and O–H groups in total. The Kier molecular flexibility index (Phi) is 3.12. The van der Waals surface area contributed by atoms with E-state index >= 15 is 0 Å². The monoisotopic (exact) mass is 203 g/mol. The smallest absolute Gasteiger partial charge is 0.165 e. The Hall–Kier alpha value is -0.800. The number of nitrogens with one attached hydrogen (secondary N) is 1. The zero-order chi connectivity index (χ0) is 8.55. The third kappa shape index (κ3) is 1.76. The molecule has 0 aliphatic carbocycles.